The van der Waals surface area contributed by atoms with Gasteiger partial charge in [-0.15, -0.1) is 0 Å². The molecule has 0 aromatic heterocycles. The summed E-state index contributed by atoms with van der Waals surface area (Å²) in [7, 11) is -2.74. The fourth-order valence-corrected chi connectivity index (χ4v) is 3.59. The van der Waals surface area contributed by atoms with Gasteiger partial charge in [-0.3, -0.25) is 0 Å². The van der Waals surface area contributed by atoms with Crippen molar-refractivity contribution in [3.05, 3.63) is 12.2 Å². The third-order valence-electron chi connectivity index (χ3n) is 2.13. The molecule has 0 aromatic rings. The maximum Gasteiger partial charge on any atom is 0.503 e. The first-order chi connectivity index (χ1) is 8.40. The van der Waals surface area contributed by atoms with Gasteiger partial charge in [0, 0.05) is 24.8 Å². The monoisotopic (exact) mass is 276 g/mol. The standard InChI is InChI=1S/C12H24O5Si/c1-7-14-18(9-3,15-8-2)17-11(6)16-12(13)10(4)5/h11H,4,7-9H2,1-3,5-6H3. The van der Waals surface area contributed by atoms with Crippen LogP contribution < -0.4 is 0 Å². The molecule has 0 aliphatic heterocycles. The summed E-state index contributed by atoms with van der Waals surface area (Å²) in [4.78, 5) is 11.4. The van der Waals surface area contributed by atoms with E-state index in [2.05, 4.69) is 6.58 Å². The van der Waals surface area contributed by atoms with E-state index in [4.69, 9.17) is 18.0 Å². The molecule has 0 radical (unpaired) electrons. The minimum atomic E-state index is -2.74. The molecule has 1 unspecified atom stereocenters. The molecule has 1 atom stereocenters. The van der Waals surface area contributed by atoms with Crippen molar-refractivity contribution >= 4 is 14.8 Å². The second-order valence-corrected chi connectivity index (χ2v) is 6.66. The third kappa shape index (κ3) is 5.77. The summed E-state index contributed by atoms with van der Waals surface area (Å²) in [5, 5.41) is 0. The lowest BCUT2D eigenvalue weighted by atomic mass is 10.4. The minimum absolute atomic E-state index is 0.335. The van der Waals surface area contributed by atoms with Crippen LogP contribution in [0.4, 0.5) is 0 Å². The van der Waals surface area contributed by atoms with Crippen LogP contribution in [-0.4, -0.2) is 34.3 Å². The molecule has 0 N–H and O–H groups in total. The number of hydrogen-bond donors (Lipinski definition) is 0. The topological polar surface area (TPSA) is 54.0 Å². The van der Waals surface area contributed by atoms with Crippen molar-refractivity contribution in [1.29, 1.82) is 0 Å². The Balaban J connectivity index is 4.55. The van der Waals surface area contributed by atoms with Crippen LogP contribution in [0.25, 0.3) is 0 Å². The summed E-state index contributed by atoms with van der Waals surface area (Å²) < 4.78 is 22.0. The van der Waals surface area contributed by atoms with Crippen LogP contribution in [0.15, 0.2) is 12.2 Å². The molecule has 0 amide bonds. The van der Waals surface area contributed by atoms with E-state index in [1.807, 2.05) is 20.8 Å². The molecule has 0 aromatic carbocycles. The van der Waals surface area contributed by atoms with Gasteiger partial charge in [-0.1, -0.05) is 13.5 Å². The third-order valence-corrected chi connectivity index (χ3v) is 5.14. The average Bonchev–Trinajstić information content (AvgIpc) is 2.29. The minimum Gasteiger partial charge on any atom is -0.434 e. The molecular weight excluding hydrogens is 252 g/mol. The largest absolute Gasteiger partial charge is 0.503 e. The zero-order valence-corrected chi connectivity index (χ0v) is 12.9. The lowest BCUT2D eigenvalue weighted by Crippen LogP contribution is -2.48. The molecule has 6 heteroatoms. The summed E-state index contributed by atoms with van der Waals surface area (Å²) >= 11 is 0. The lowest BCUT2D eigenvalue weighted by molar-refractivity contribution is -0.162. The van der Waals surface area contributed by atoms with E-state index in [0.29, 0.717) is 24.8 Å². The number of carbonyl (C=O) groups is 1. The van der Waals surface area contributed by atoms with Crippen molar-refractivity contribution in [3.63, 3.8) is 0 Å². The second kappa shape index (κ2) is 8.42. The van der Waals surface area contributed by atoms with Crippen molar-refractivity contribution in [2.45, 2.75) is 47.0 Å². The highest BCUT2D eigenvalue weighted by Gasteiger charge is 2.41. The normalized spacial score (nSPS) is 13.2. The molecular formula is C12H24O5Si. The zero-order chi connectivity index (χ0) is 14.2. The molecule has 0 saturated heterocycles. The first kappa shape index (κ1) is 17.3. The maximum absolute atomic E-state index is 11.4. The Bertz CT molecular complexity index is 274. The van der Waals surface area contributed by atoms with E-state index in [-0.39, 0.29) is 0 Å². The van der Waals surface area contributed by atoms with Crippen molar-refractivity contribution in [1.82, 2.24) is 0 Å². The molecule has 0 rings (SSSR count). The number of hydrogen-bond acceptors (Lipinski definition) is 5. The SMILES string of the molecule is C=C(C)C(=O)OC(C)O[Si](CC)(OCC)OCC. The molecule has 18 heavy (non-hydrogen) atoms. The van der Waals surface area contributed by atoms with Gasteiger partial charge in [0.1, 0.15) is 0 Å². The predicted octanol–water partition coefficient (Wildman–Crippen LogP) is 2.50. The highest BCUT2D eigenvalue weighted by molar-refractivity contribution is 6.60. The van der Waals surface area contributed by atoms with Crippen molar-refractivity contribution in [2.75, 3.05) is 13.2 Å². The summed E-state index contributed by atoms with van der Waals surface area (Å²) in [5.41, 5.74) is 0.335. The van der Waals surface area contributed by atoms with Gasteiger partial charge in [-0.25, -0.2) is 4.79 Å². The molecule has 0 aliphatic rings. The molecule has 0 fully saturated rings. The highest BCUT2D eigenvalue weighted by Crippen LogP contribution is 2.18. The van der Waals surface area contributed by atoms with Crippen LogP contribution in [0, 0.1) is 0 Å². The van der Waals surface area contributed by atoms with Crippen molar-refractivity contribution in [3.8, 4) is 0 Å². The van der Waals surface area contributed by atoms with Gasteiger partial charge in [0.15, 0.2) is 6.29 Å². The smallest absolute Gasteiger partial charge is 0.434 e. The summed E-state index contributed by atoms with van der Waals surface area (Å²) in [6.07, 6.45) is -0.709. The maximum atomic E-state index is 11.4. The Kier molecular flexibility index (Phi) is 8.09. The first-order valence-electron chi connectivity index (χ1n) is 6.23. The summed E-state index contributed by atoms with van der Waals surface area (Å²) in [6.45, 7) is 13.4. The highest BCUT2D eigenvalue weighted by atomic mass is 28.4. The molecule has 0 aliphatic carbocycles. The Morgan fingerprint density at radius 2 is 1.72 bits per heavy atom. The van der Waals surface area contributed by atoms with E-state index < -0.39 is 21.1 Å². The quantitative estimate of drug-likeness (QED) is 0.280. The zero-order valence-electron chi connectivity index (χ0n) is 11.9. The fourth-order valence-electron chi connectivity index (χ4n) is 1.37. The Labute approximate surface area is 110 Å². The van der Waals surface area contributed by atoms with Crippen molar-refractivity contribution in [2.24, 2.45) is 0 Å². The predicted molar refractivity (Wildman–Crippen MR) is 70.9 cm³/mol. The van der Waals surface area contributed by atoms with Crippen molar-refractivity contribution < 1.29 is 22.8 Å². The van der Waals surface area contributed by atoms with Gasteiger partial charge in [0.2, 0.25) is 0 Å². The van der Waals surface area contributed by atoms with Crippen LogP contribution in [-0.2, 0) is 22.8 Å². The van der Waals surface area contributed by atoms with E-state index in [0.717, 1.165) is 0 Å². The molecule has 0 bridgehead atoms. The van der Waals surface area contributed by atoms with Crippen LogP contribution in [0.1, 0.15) is 34.6 Å². The lowest BCUT2D eigenvalue weighted by Gasteiger charge is -2.30. The summed E-state index contributed by atoms with van der Waals surface area (Å²) in [5.74, 6) is -0.477. The van der Waals surface area contributed by atoms with Crippen LogP contribution in [0.5, 0.6) is 0 Å². The van der Waals surface area contributed by atoms with Gasteiger partial charge < -0.3 is 18.0 Å². The number of rotatable bonds is 9. The fraction of sp³-hybridized carbons (Fsp3) is 0.750. The molecule has 0 heterocycles. The van der Waals surface area contributed by atoms with Gasteiger partial charge in [-0.2, -0.15) is 0 Å². The van der Waals surface area contributed by atoms with E-state index in [9.17, 15) is 4.79 Å². The average molecular weight is 276 g/mol. The van der Waals surface area contributed by atoms with E-state index in [1.165, 1.54) is 0 Å². The Morgan fingerprint density at radius 1 is 1.22 bits per heavy atom. The van der Waals surface area contributed by atoms with E-state index >= 15 is 0 Å². The molecule has 106 valence electrons. The molecule has 5 nitrogen and oxygen atoms in total. The van der Waals surface area contributed by atoms with Gasteiger partial charge in [0.25, 0.3) is 0 Å². The Morgan fingerprint density at radius 3 is 2.06 bits per heavy atom. The van der Waals surface area contributed by atoms with Gasteiger partial charge in [-0.05, 0) is 27.7 Å². The van der Waals surface area contributed by atoms with Crippen LogP contribution in [0.3, 0.4) is 0 Å². The van der Waals surface area contributed by atoms with Gasteiger partial charge >= 0.3 is 14.8 Å². The van der Waals surface area contributed by atoms with Crippen LogP contribution in [0.2, 0.25) is 6.04 Å². The molecule has 0 saturated carbocycles. The van der Waals surface area contributed by atoms with Crippen LogP contribution >= 0.6 is 0 Å². The second-order valence-electron chi connectivity index (χ2n) is 3.77. The number of ether oxygens (including phenoxy) is 1. The van der Waals surface area contributed by atoms with Gasteiger partial charge in [0.05, 0.1) is 0 Å². The summed E-state index contributed by atoms with van der Waals surface area (Å²) in [6, 6.07) is 0.629. The molecule has 0 spiro atoms. The first-order valence-corrected chi connectivity index (χ1v) is 8.16. The number of esters is 1. The van der Waals surface area contributed by atoms with E-state index in [1.54, 1.807) is 13.8 Å². The Hall–Kier alpha value is -0.693. The number of carbonyl (C=O) groups excluding carboxylic acids is 1.